The van der Waals surface area contributed by atoms with Crippen LogP contribution in [-0.4, -0.2) is 41.1 Å². The fourth-order valence-electron chi connectivity index (χ4n) is 1.40. The molecule has 1 saturated heterocycles. The third-order valence-corrected chi connectivity index (χ3v) is 2.43. The third kappa shape index (κ3) is 2.47. The molecule has 2 rings (SSSR count). The first-order valence-corrected chi connectivity index (χ1v) is 4.94. The van der Waals surface area contributed by atoms with Gasteiger partial charge in [-0.2, -0.15) is 0 Å². The minimum absolute atomic E-state index is 0.0415. The number of aromatic nitrogens is 2. The van der Waals surface area contributed by atoms with Crippen LogP contribution in [0, 0.1) is 16.0 Å². The molecule has 2 unspecified atom stereocenters. The van der Waals surface area contributed by atoms with Crippen LogP contribution < -0.4 is 4.74 Å². The maximum Gasteiger partial charge on any atom is 0.478 e. The molecule has 0 amide bonds. The van der Waals surface area contributed by atoms with Gasteiger partial charge in [-0.05, 0) is 10.5 Å². The van der Waals surface area contributed by atoms with E-state index in [1.807, 2.05) is 0 Å². The van der Waals surface area contributed by atoms with Crippen molar-refractivity contribution in [1.82, 2.24) is 10.3 Å². The quantitative estimate of drug-likeness (QED) is 0.238. The predicted octanol–water partition coefficient (Wildman–Crippen LogP) is 0.682. The van der Waals surface area contributed by atoms with Crippen LogP contribution in [0.2, 0.25) is 0 Å². The Hall–Kier alpha value is -2.39. The molecular formula is C7H8N6O5. The van der Waals surface area contributed by atoms with E-state index in [4.69, 9.17) is 15.0 Å². The van der Waals surface area contributed by atoms with Crippen molar-refractivity contribution in [2.45, 2.75) is 6.10 Å². The van der Waals surface area contributed by atoms with E-state index >= 15 is 0 Å². The summed E-state index contributed by atoms with van der Waals surface area (Å²) in [4.78, 5) is 12.4. The van der Waals surface area contributed by atoms with Crippen LogP contribution in [0.15, 0.2) is 9.74 Å². The smallest absolute Gasteiger partial charge is 0.467 e. The van der Waals surface area contributed by atoms with Gasteiger partial charge in [-0.1, -0.05) is 5.11 Å². The monoisotopic (exact) mass is 256 g/mol. The summed E-state index contributed by atoms with van der Waals surface area (Å²) in [5, 5.41) is 20.3. The summed E-state index contributed by atoms with van der Waals surface area (Å²) >= 11 is 0. The highest BCUT2D eigenvalue weighted by molar-refractivity contribution is 5.28. The van der Waals surface area contributed by atoms with E-state index in [9.17, 15) is 10.1 Å². The lowest BCUT2D eigenvalue weighted by Gasteiger charge is -2.35. The molecule has 1 aromatic rings. The molecule has 2 atom stereocenters. The molecule has 1 aliphatic heterocycles. The van der Waals surface area contributed by atoms with E-state index in [-0.39, 0.29) is 24.5 Å². The molecule has 0 saturated carbocycles. The van der Waals surface area contributed by atoms with E-state index in [2.05, 4.69) is 25.0 Å². The molecule has 1 aromatic heterocycles. The first kappa shape index (κ1) is 12.1. The van der Waals surface area contributed by atoms with E-state index in [1.165, 1.54) is 0 Å². The van der Waals surface area contributed by atoms with Crippen molar-refractivity contribution >= 4 is 5.82 Å². The fraction of sp³-hybridized carbons (Fsp3) is 0.714. The Morgan fingerprint density at radius 3 is 3.11 bits per heavy atom. The van der Waals surface area contributed by atoms with Gasteiger partial charge in [0.25, 0.3) is 0 Å². The molecule has 0 spiro atoms. The second-order valence-corrected chi connectivity index (χ2v) is 3.51. The number of rotatable bonds is 6. The Bertz CT molecular complexity index is 482. The molecule has 2 heterocycles. The molecule has 0 aliphatic carbocycles. The highest BCUT2D eigenvalue weighted by atomic mass is 16.7. The normalized spacial score (nSPS) is 21.8. The molecule has 11 nitrogen and oxygen atoms in total. The maximum absolute atomic E-state index is 10.5. The average Bonchev–Trinajstić information content (AvgIpc) is 2.77. The maximum atomic E-state index is 10.5. The summed E-state index contributed by atoms with van der Waals surface area (Å²) < 4.78 is 14.5. The van der Waals surface area contributed by atoms with Crippen molar-refractivity contribution in [3.05, 3.63) is 20.6 Å². The summed E-state index contributed by atoms with van der Waals surface area (Å²) in [6, 6.07) is 0. The summed E-state index contributed by atoms with van der Waals surface area (Å²) in [5.74, 6) is -0.834. The van der Waals surface area contributed by atoms with Gasteiger partial charge in [0.05, 0.1) is 12.7 Å². The van der Waals surface area contributed by atoms with Crippen LogP contribution in [0.4, 0.5) is 5.82 Å². The summed E-state index contributed by atoms with van der Waals surface area (Å²) in [5.41, 5.74) is 8.18. The second-order valence-electron chi connectivity index (χ2n) is 3.51. The number of nitrogens with zero attached hydrogens (tertiary/aromatic N) is 6. The lowest BCUT2D eigenvalue weighted by molar-refractivity contribution is -0.391. The Kier molecular flexibility index (Phi) is 3.55. The van der Waals surface area contributed by atoms with Gasteiger partial charge in [0, 0.05) is 22.5 Å². The van der Waals surface area contributed by atoms with Crippen LogP contribution in [0.3, 0.4) is 0 Å². The van der Waals surface area contributed by atoms with Gasteiger partial charge in [0.2, 0.25) is 0 Å². The van der Waals surface area contributed by atoms with Gasteiger partial charge in [-0.25, -0.2) is 0 Å². The Balaban J connectivity index is 1.86. The topological polar surface area (TPSA) is 149 Å². The lowest BCUT2D eigenvalue weighted by Crippen LogP contribution is -2.45. The first-order chi connectivity index (χ1) is 8.72. The summed E-state index contributed by atoms with van der Waals surface area (Å²) in [6.45, 7) is 0.816. The zero-order valence-electron chi connectivity index (χ0n) is 9.00. The lowest BCUT2D eigenvalue weighted by atomic mass is 9.99. The van der Waals surface area contributed by atoms with E-state index < -0.39 is 10.7 Å². The molecule has 1 fully saturated rings. The molecule has 96 valence electrons. The minimum atomic E-state index is -0.759. The van der Waals surface area contributed by atoms with E-state index in [0.717, 1.165) is 0 Å². The number of hydrogen-bond donors (Lipinski definition) is 0. The van der Waals surface area contributed by atoms with Crippen LogP contribution in [0.25, 0.3) is 10.4 Å². The van der Waals surface area contributed by atoms with Crippen molar-refractivity contribution in [2.75, 3.05) is 19.8 Å². The van der Waals surface area contributed by atoms with Crippen LogP contribution in [0.1, 0.15) is 0 Å². The molecule has 0 bridgehead atoms. The Morgan fingerprint density at radius 2 is 2.50 bits per heavy atom. The second kappa shape index (κ2) is 5.29. The number of azide groups is 1. The zero-order valence-corrected chi connectivity index (χ0v) is 9.00. The highest BCUT2D eigenvalue weighted by Gasteiger charge is 2.34. The summed E-state index contributed by atoms with van der Waals surface area (Å²) in [7, 11) is 0. The Morgan fingerprint density at radius 1 is 1.67 bits per heavy atom. The van der Waals surface area contributed by atoms with E-state index in [0.29, 0.717) is 13.2 Å². The fourth-order valence-corrected chi connectivity index (χ4v) is 1.40. The largest absolute Gasteiger partial charge is 0.478 e. The van der Waals surface area contributed by atoms with Crippen molar-refractivity contribution in [1.29, 1.82) is 0 Å². The Labute approximate surface area is 99.4 Å². The molecule has 0 aromatic carbocycles. The van der Waals surface area contributed by atoms with Gasteiger partial charge >= 0.3 is 11.7 Å². The zero-order chi connectivity index (χ0) is 13.0. The van der Waals surface area contributed by atoms with Gasteiger partial charge in [-0.3, -0.25) is 0 Å². The predicted molar refractivity (Wildman–Crippen MR) is 53.7 cm³/mol. The van der Waals surface area contributed by atoms with Gasteiger partial charge in [0.15, 0.2) is 5.16 Å². The highest BCUT2D eigenvalue weighted by Crippen LogP contribution is 2.25. The van der Waals surface area contributed by atoms with Crippen molar-refractivity contribution < 1.29 is 19.0 Å². The number of hydrogen-bond acceptors (Lipinski definition) is 8. The molecule has 0 N–H and O–H groups in total. The summed E-state index contributed by atoms with van der Waals surface area (Å²) in [6.07, 6.45) is -0.285. The van der Waals surface area contributed by atoms with Crippen molar-refractivity contribution in [2.24, 2.45) is 11.0 Å². The van der Waals surface area contributed by atoms with Crippen LogP contribution in [-0.2, 0) is 4.74 Å². The van der Waals surface area contributed by atoms with Crippen LogP contribution in [0.5, 0.6) is 5.88 Å². The van der Waals surface area contributed by atoms with Gasteiger partial charge < -0.3 is 19.6 Å². The van der Waals surface area contributed by atoms with Crippen molar-refractivity contribution in [3.63, 3.8) is 0 Å². The molecule has 0 radical (unpaired) electrons. The molecule has 11 heteroatoms. The van der Waals surface area contributed by atoms with Crippen LogP contribution >= 0.6 is 0 Å². The SMILES string of the molecule is [N-]=[N+]=NCC1COC1COc1nonc1[N+](=O)[O-]. The molecule has 18 heavy (non-hydrogen) atoms. The number of ether oxygens (including phenoxy) is 2. The number of nitro groups is 1. The average molecular weight is 256 g/mol. The van der Waals surface area contributed by atoms with Gasteiger partial charge in [0.1, 0.15) is 6.61 Å². The minimum Gasteiger partial charge on any atom is -0.467 e. The molecular weight excluding hydrogens is 248 g/mol. The third-order valence-electron chi connectivity index (χ3n) is 2.43. The molecule has 1 aliphatic rings. The van der Waals surface area contributed by atoms with Crippen molar-refractivity contribution in [3.8, 4) is 5.88 Å². The van der Waals surface area contributed by atoms with Gasteiger partial charge in [-0.15, -0.1) is 4.63 Å². The first-order valence-electron chi connectivity index (χ1n) is 4.94. The van der Waals surface area contributed by atoms with E-state index in [1.54, 1.807) is 0 Å². The standard InChI is InChI=1S/C7H8N6O5/c8-12-9-1-4-2-16-5(4)3-17-7-6(13(14)15)10-18-11-7/h4-5H,1-3H2.